The second-order valence-electron chi connectivity index (χ2n) is 3.43. The Morgan fingerprint density at radius 3 is 2.43 bits per heavy atom. The molecule has 1 aromatic carbocycles. The van der Waals surface area contributed by atoms with Gasteiger partial charge < -0.3 is 11.1 Å². The second kappa shape index (κ2) is 3.53. The van der Waals surface area contributed by atoms with E-state index in [2.05, 4.69) is 5.32 Å². The van der Waals surface area contributed by atoms with E-state index in [1.54, 1.807) is 11.8 Å². The molecule has 3 nitrogen and oxygen atoms in total. The summed E-state index contributed by atoms with van der Waals surface area (Å²) in [5.41, 5.74) is 5.79. The Bertz CT molecular complexity index is 335. The minimum atomic E-state index is -0.522. The van der Waals surface area contributed by atoms with Gasteiger partial charge in [-0.05, 0) is 12.1 Å². The average molecular weight is 208 g/mol. The van der Waals surface area contributed by atoms with Crippen molar-refractivity contribution in [2.45, 2.75) is 5.54 Å². The molecule has 0 aromatic heterocycles. The molecule has 1 fully saturated rings. The van der Waals surface area contributed by atoms with E-state index < -0.39 is 5.54 Å². The Morgan fingerprint density at radius 2 is 2.00 bits per heavy atom. The molecule has 0 bridgehead atoms. The Labute approximate surface area is 87.1 Å². The summed E-state index contributed by atoms with van der Waals surface area (Å²) in [6.45, 7) is 0. The summed E-state index contributed by atoms with van der Waals surface area (Å²) >= 11 is 1.73. The first kappa shape index (κ1) is 9.40. The lowest BCUT2D eigenvalue weighted by molar-refractivity contribution is -0.121. The number of rotatable bonds is 3. The van der Waals surface area contributed by atoms with E-state index in [9.17, 15) is 4.79 Å². The van der Waals surface area contributed by atoms with Crippen LogP contribution in [0.1, 0.15) is 0 Å². The largest absolute Gasteiger partial charge is 0.370 e. The third-order valence-electron chi connectivity index (χ3n) is 2.33. The van der Waals surface area contributed by atoms with Crippen molar-refractivity contribution < 1.29 is 4.79 Å². The highest BCUT2D eigenvalue weighted by Gasteiger charge is 2.43. The molecule has 2 rings (SSSR count). The van der Waals surface area contributed by atoms with E-state index in [0.717, 1.165) is 17.2 Å². The molecule has 4 heteroatoms. The molecule has 0 aliphatic carbocycles. The third kappa shape index (κ3) is 1.57. The van der Waals surface area contributed by atoms with Crippen molar-refractivity contribution in [2.24, 2.45) is 5.73 Å². The molecule has 0 unspecified atom stereocenters. The SMILES string of the molecule is NC(=O)C1(Nc2ccccc2)CSC1. The molecule has 1 aliphatic heterocycles. The van der Waals surface area contributed by atoms with Crippen molar-refractivity contribution >= 4 is 23.4 Å². The van der Waals surface area contributed by atoms with Crippen molar-refractivity contribution in [3.63, 3.8) is 0 Å². The van der Waals surface area contributed by atoms with Crippen LogP contribution in [0.15, 0.2) is 30.3 Å². The van der Waals surface area contributed by atoms with Gasteiger partial charge >= 0.3 is 0 Å². The van der Waals surface area contributed by atoms with Crippen molar-refractivity contribution in [1.82, 2.24) is 0 Å². The predicted molar refractivity (Wildman–Crippen MR) is 59.3 cm³/mol. The number of nitrogens with two attached hydrogens (primary N) is 1. The summed E-state index contributed by atoms with van der Waals surface area (Å²) in [6.07, 6.45) is 0. The van der Waals surface area contributed by atoms with Crippen LogP contribution < -0.4 is 11.1 Å². The third-order valence-corrected chi connectivity index (χ3v) is 3.72. The first-order chi connectivity index (χ1) is 6.73. The van der Waals surface area contributed by atoms with Gasteiger partial charge in [0, 0.05) is 17.2 Å². The quantitative estimate of drug-likeness (QED) is 0.781. The highest BCUT2D eigenvalue weighted by Crippen LogP contribution is 2.32. The zero-order chi connectivity index (χ0) is 10.0. The van der Waals surface area contributed by atoms with Crippen LogP contribution in [-0.4, -0.2) is 23.0 Å². The summed E-state index contributed by atoms with van der Waals surface area (Å²) in [5.74, 6) is 1.26. The number of nitrogens with one attached hydrogen (secondary N) is 1. The summed E-state index contributed by atoms with van der Waals surface area (Å²) in [5, 5.41) is 3.20. The van der Waals surface area contributed by atoms with Crippen LogP contribution in [0.3, 0.4) is 0 Å². The number of para-hydroxylation sites is 1. The predicted octanol–water partition coefficient (Wildman–Crippen LogP) is 1.07. The van der Waals surface area contributed by atoms with Crippen molar-refractivity contribution in [1.29, 1.82) is 0 Å². The van der Waals surface area contributed by atoms with Gasteiger partial charge in [0.15, 0.2) is 0 Å². The van der Waals surface area contributed by atoms with Crippen LogP contribution in [0, 0.1) is 0 Å². The maximum absolute atomic E-state index is 11.3. The number of amides is 1. The summed E-state index contributed by atoms with van der Waals surface area (Å²) in [7, 11) is 0. The molecule has 1 amide bonds. The maximum Gasteiger partial charge on any atom is 0.244 e. The number of carbonyl (C=O) groups excluding carboxylic acids is 1. The smallest absolute Gasteiger partial charge is 0.244 e. The van der Waals surface area contributed by atoms with E-state index in [4.69, 9.17) is 5.73 Å². The minimum absolute atomic E-state index is 0.264. The summed E-state index contributed by atoms with van der Waals surface area (Å²) < 4.78 is 0. The van der Waals surface area contributed by atoms with E-state index in [1.807, 2.05) is 30.3 Å². The van der Waals surface area contributed by atoms with Crippen LogP contribution >= 0.6 is 11.8 Å². The van der Waals surface area contributed by atoms with Gasteiger partial charge in [-0.1, -0.05) is 18.2 Å². The van der Waals surface area contributed by atoms with Crippen LogP contribution in [0.2, 0.25) is 0 Å². The molecule has 1 aliphatic rings. The van der Waals surface area contributed by atoms with Gasteiger partial charge in [0.1, 0.15) is 5.54 Å². The van der Waals surface area contributed by atoms with Crippen LogP contribution in [0.4, 0.5) is 5.69 Å². The number of hydrogen-bond donors (Lipinski definition) is 2. The molecular weight excluding hydrogens is 196 g/mol. The molecule has 0 atom stereocenters. The monoisotopic (exact) mass is 208 g/mol. The van der Waals surface area contributed by atoms with E-state index >= 15 is 0 Å². The lowest BCUT2D eigenvalue weighted by Crippen LogP contribution is -2.60. The molecule has 1 aromatic rings. The number of anilines is 1. The van der Waals surface area contributed by atoms with Crippen LogP contribution in [-0.2, 0) is 4.79 Å². The number of carbonyl (C=O) groups is 1. The molecule has 0 spiro atoms. The van der Waals surface area contributed by atoms with E-state index in [0.29, 0.717) is 0 Å². The molecule has 0 radical (unpaired) electrons. The van der Waals surface area contributed by atoms with Gasteiger partial charge in [-0.3, -0.25) is 4.79 Å². The normalized spacial score (nSPS) is 18.3. The highest BCUT2D eigenvalue weighted by atomic mass is 32.2. The Kier molecular flexibility index (Phi) is 2.37. The first-order valence-corrected chi connectivity index (χ1v) is 5.59. The van der Waals surface area contributed by atoms with Gasteiger partial charge in [0.25, 0.3) is 0 Å². The van der Waals surface area contributed by atoms with Gasteiger partial charge in [0.05, 0.1) is 0 Å². The fourth-order valence-electron chi connectivity index (χ4n) is 1.38. The Balaban J connectivity index is 2.13. The lowest BCUT2D eigenvalue weighted by Gasteiger charge is -2.39. The zero-order valence-corrected chi connectivity index (χ0v) is 8.51. The maximum atomic E-state index is 11.3. The fraction of sp³-hybridized carbons (Fsp3) is 0.300. The Hall–Kier alpha value is -1.16. The summed E-state index contributed by atoms with van der Waals surface area (Å²) in [4.78, 5) is 11.3. The topological polar surface area (TPSA) is 55.1 Å². The summed E-state index contributed by atoms with van der Waals surface area (Å²) in [6, 6.07) is 9.69. The first-order valence-electron chi connectivity index (χ1n) is 4.44. The van der Waals surface area contributed by atoms with Gasteiger partial charge in [-0.15, -0.1) is 0 Å². The number of thioether (sulfide) groups is 1. The van der Waals surface area contributed by atoms with Crippen LogP contribution in [0.25, 0.3) is 0 Å². The van der Waals surface area contributed by atoms with Crippen LogP contribution in [0.5, 0.6) is 0 Å². The Morgan fingerprint density at radius 1 is 1.36 bits per heavy atom. The molecular formula is C10H12N2OS. The van der Waals surface area contributed by atoms with Crippen molar-refractivity contribution in [3.8, 4) is 0 Å². The number of hydrogen-bond acceptors (Lipinski definition) is 3. The molecule has 74 valence electrons. The second-order valence-corrected chi connectivity index (χ2v) is 4.42. The number of primary amides is 1. The fourth-order valence-corrected chi connectivity index (χ4v) is 2.42. The van der Waals surface area contributed by atoms with E-state index in [1.165, 1.54) is 0 Å². The molecule has 1 heterocycles. The molecule has 3 N–H and O–H groups in total. The van der Waals surface area contributed by atoms with Gasteiger partial charge in [-0.2, -0.15) is 11.8 Å². The minimum Gasteiger partial charge on any atom is -0.370 e. The lowest BCUT2D eigenvalue weighted by atomic mass is 10.0. The standard InChI is InChI=1S/C10H12N2OS/c11-9(13)10(6-14-7-10)12-8-4-2-1-3-5-8/h1-5,12H,6-7H2,(H2,11,13). The van der Waals surface area contributed by atoms with Gasteiger partial charge in [-0.25, -0.2) is 0 Å². The van der Waals surface area contributed by atoms with Crippen molar-refractivity contribution in [3.05, 3.63) is 30.3 Å². The average Bonchev–Trinajstić information content (AvgIpc) is 2.12. The van der Waals surface area contributed by atoms with Gasteiger partial charge in [0.2, 0.25) is 5.91 Å². The molecule has 1 saturated heterocycles. The zero-order valence-electron chi connectivity index (χ0n) is 7.69. The molecule has 0 saturated carbocycles. The highest BCUT2D eigenvalue weighted by molar-refractivity contribution is 8.01. The molecule has 14 heavy (non-hydrogen) atoms. The van der Waals surface area contributed by atoms with Crippen molar-refractivity contribution in [2.75, 3.05) is 16.8 Å². The number of benzene rings is 1. The van der Waals surface area contributed by atoms with E-state index in [-0.39, 0.29) is 5.91 Å².